The summed E-state index contributed by atoms with van der Waals surface area (Å²) in [6.07, 6.45) is 34.4. The lowest BCUT2D eigenvalue weighted by Gasteiger charge is -2.22. The first-order valence-corrected chi connectivity index (χ1v) is 22.6. The van der Waals surface area contributed by atoms with Gasteiger partial charge in [-0.1, -0.05) is 51.4 Å². The van der Waals surface area contributed by atoms with Crippen LogP contribution in [0, 0.1) is 47.4 Å². The minimum atomic E-state index is 1.05. The Morgan fingerprint density at radius 1 is 0.154 bits per heavy atom. The van der Waals surface area contributed by atoms with Crippen LogP contribution in [0.5, 0.6) is 0 Å². The first-order valence-electron chi connectivity index (χ1n) is 22.6. The highest BCUT2D eigenvalue weighted by atomic mass is 15.1. The second-order valence-electron chi connectivity index (χ2n) is 15.9. The van der Waals surface area contributed by atoms with Crippen LogP contribution in [0.1, 0.15) is 180 Å². The topological polar surface area (TPSA) is 13.0 Å². The zero-order chi connectivity index (χ0) is 36.3. The van der Waals surface area contributed by atoms with E-state index >= 15 is 0 Å². The lowest BCUT2D eigenvalue weighted by molar-refractivity contribution is 0.257. The number of nitrogens with zero attached hydrogens (tertiary/aromatic N) is 4. The molecule has 0 aliphatic carbocycles. The van der Waals surface area contributed by atoms with E-state index in [2.05, 4.69) is 67.0 Å². The third-order valence-corrected chi connectivity index (χ3v) is 11.1. The summed E-state index contributed by atoms with van der Waals surface area (Å²) in [5.74, 6) is 28.2. The molecule has 6 heterocycles. The van der Waals surface area contributed by atoms with Gasteiger partial charge in [0.05, 0.1) is 0 Å². The maximum absolute atomic E-state index is 3.52. The van der Waals surface area contributed by atoms with Gasteiger partial charge in [-0.2, -0.15) is 0 Å². The van der Waals surface area contributed by atoms with Gasteiger partial charge in [-0.15, -0.1) is 47.4 Å². The molecule has 4 bridgehead atoms. The van der Waals surface area contributed by atoms with Crippen molar-refractivity contribution < 1.29 is 0 Å². The van der Waals surface area contributed by atoms with E-state index in [-0.39, 0.29) is 0 Å². The highest BCUT2D eigenvalue weighted by molar-refractivity contribution is 5.01. The van der Waals surface area contributed by atoms with Crippen molar-refractivity contribution in [3.8, 4) is 47.4 Å². The fourth-order valence-corrected chi connectivity index (χ4v) is 7.93. The Bertz CT molecular complexity index is 868. The fraction of sp³-hybridized carbons (Fsp3) is 0.833. The summed E-state index contributed by atoms with van der Waals surface area (Å²) in [5, 5.41) is 0. The molecule has 0 aromatic heterocycles. The summed E-state index contributed by atoms with van der Waals surface area (Å²) in [7, 11) is 0. The Kier molecular flexibility index (Phi) is 28.8. The number of rotatable bonds is 0. The number of hydrogen-bond acceptors (Lipinski definition) is 4. The molecule has 0 aromatic carbocycles. The molecule has 6 rings (SSSR count). The van der Waals surface area contributed by atoms with Crippen LogP contribution in [0.25, 0.3) is 0 Å². The third kappa shape index (κ3) is 26.0. The average Bonchev–Trinajstić information content (AvgIpc) is 3.15. The second kappa shape index (κ2) is 33.6. The molecule has 6 aliphatic rings. The average molecular weight is 713 g/mol. The zero-order valence-electron chi connectivity index (χ0n) is 34.1. The summed E-state index contributed by atoms with van der Waals surface area (Å²) >= 11 is 0. The van der Waals surface area contributed by atoms with Crippen LogP contribution in [0.2, 0.25) is 0 Å². The van der Waals surface area contributed by atoms with Gasteiger partial charge >= 0.3 is 0 Å². The van der Waals surface area contributed by atoms with Crippen molar-refractivity contribution in [2.75, 3.05) is 78.5 Å². The van der Waals surface area contributed by atoms with Gasteiger partial charge in [0.1, 0.15) is 0 Å². The van der Waals surface area contributed by atoms with Crippen molar-refractivity contribution in [2.24, 2.45) is 0 Å². The van der Waals surface area contributed by atoms with Crippen molar-refractivity contribution in [3.63, 3.8) is 0 Å². The molecule has 292 valence electrons. The molecule has 0 fully saturated rings. The maximum atomic E-state index is 3.52. The lowest BCUT2D eigenvalue weighted by atomic mass is 10.1. The molecule has 0 spiro atoms. The fourth-order valence-electron chi connectivity index (χ4n) is 7.93. The molecule has 0 atom stereocenters. The molecule has 0 unspecified atom stereocenters. The molecule has 0 N–H and O–H groups in total. The molecule has 0 aromatic rings. The normalized spacial score (nSPS) is 28.0. The Balaban J connectivity index is 1.56. The van der Waals surface area contributed by atoms with Gasteiger partial charge in [0.15, 0.2) is 0 Å². The molecule has 0 saturated carbocycles. The maximum Gasteiger partial charge on any atom is 0.0101 e. The van der Waals surface area contributed by atoms with E-state index in [1.54, 1.807) is 0 Å². The van der Waals surface area contributed by atoms with E-state index in [9.17, 15) is 0 Å². The van der Waals surface area contributed by atoms with Crippen molar-refractivity contribution in [1.82, 2.24) is 19.6 Å². The molecule has 0 radical (unpaired) electrons. The predicted octanol–water partition coefficient (Wildman–Crippen LogP) is 10.2. The molecule has 0 amide bonds. The minimum Gasteiger partial charge on any atom is -0.303 e. The van der Waals surface area contributed by atoms with Gasteiger partial charge < -0.3 is 19.6 Å². The standard InChI is InChI=1S/C48H80N4/c1-2-14-26-38-50-40-28-16-4-3-15-27-39-49(37-25-13-1)45-33-21-9-10-23-35-47-51-41-29-17-5-7-19-31-43-52(44-32-20-8-6-18-30-42-51)48-36-24-12-11-22-34-46-50/h9-48H2. The quantitative estimate of drug-likeness (QED) is 0.232. The second-order valence-corrected chi connectivity index (χ2v) is 15.9. The van der Waals surface area contributed by atoms with Gasteiger partial charge in [-0.25, -0.2) is 0 Å². The van der Waals surface area contributed by atoms with E-state index in [0.29, 0.717) is 0 Å². The van der Waals surface area contributed by atoms with Gasteiger partial charge in [0.2, 0.25) is 0 Å². The van der Waals surface area contributed by atoms with E-state index in [1.807, 2.05) is 0 Å². The molecule has 0 saturated heterocycles. The van der Waals surface area contributed by atoms with Crippen molar-refractivity contribution in [3.05, 3.63) is 0 Å². The Morgan fingerprint density at radius 3 is 0.462 bits per heavy atom. The first kappa shape index (κ1) is 44.5. The van der Waals surface area contributed by atoms with Crippen molar-refractivity contribution in [2.45, 2.75) is 180 Å². The predicted molar refractivity (Wildman–Crippen MR) is 226 cm³/mol. The van der Waals surface area contributed by atoms with Crippen LogP contribution in [0.4, 0.5) is 0 Å². The van der Waals surface area contributed by atoms with E-state index in [4.69, 9.17) is 0 Å². The van der Waals surface area contributed by atoms with Crippen LogP contribution >= 0.6 is 0 Å². The molecular weight excluding hydrogens is 633 g/mol. The summed E-state index contributed by atoms with van der Waals surface area (Å²) in [6, 6.07) is 0. The first-order chi connectivity index (χ1) is 25.9. The molecule has 4 nitrogen and oxygen atoms in total. The van der Waals surface area contributed by atoms with Crippen LogP contribution in [0.3, 0.4) is 0 Å². The SMILES string of the molecule is C1#CCCCN2CCCC#CCCCN(CCC1)CCCCCCCCN1CCCC#CCCCN(CCCC#CCCC1)CCCCCCCC2. The van der Waals surface area contributed by atoms with Crippen LogP contribution in [0.15, 0.2) is 0 Å². The van der Waals surface area contributed by atoms with Crippen LogP contribution in [-0.4, -0.2) is 98.1 Å². The van der Waals surface area contributed by atoms with Crippen LogP contribution in [-0.2, 0) is 0 Å². The molecule has 4 heteroatoms. The van der Waals surface area contributed by atoms with E-state index in [1.165, 1.54) is 207 Å². The summed E-state index contributed by atoms with van der Waals surface area (Å²) in [6.45, 7) is 14.5. The summed E-state index contributed by atoms with van der Waals surface area (Å²) in [5.41, 5.74) is 0. The van der Waals surface area contributed by atoms with Gasteiger partial charge in [-0.3, -0.25) is 0 Å². The van der Waals surface area contributed by atoms with Crippen molar-refractivity contribution in [1.29, 1.82) is 0 Å². The lowest BCUT2D eigenvalue weighted by Crippen LogP contribution is -2.27. The Morgan fingerprint density at radius 2 is 0.288 bits per heavy atom. The van der Waals surface area contributed by atoms with Crippen molar-refractivity contribution >= 4 is 0 Å². The highest BCUT2D eigenvalue weighted by Crippen LogP contribution is 2.12. The summed E-state index contributed by atoms with van der Waals surface area (Å²) in [4.78, 5) is 10.9. The summed E-state index contributed by atoms with van der Waals surface area (Å²) < 4.78 is 0. The number of hydrogen-bond donors (Lipinski definition) is 0. The zero-order valence-corrected chi connectivity index (χ0v) is 34.1. The van der Waals surface area contributed by atoms with Gasteiger partial charge in [-0.05, 0) is 156 Å². The molecule has 52 heavy (non-hydrogen) atoms. The Labute approximate surface area is 324 Å². The minimum absolute atomic E-state index is 1.05. The highest BCUT2D eigenvalue weighted by Gasteiger charge is 2.08. The van der Waals surface area contributed by atoms with Gasteiger partial charge in [0, 0.05) is 51.4 Å². The van der Waals surface area contributed by atoms with E-state index < -0.39 is 0 Å². The third-order valence-electron chi connectivity index (χ3n) is 11.1. The van der Waals surface area contributed by atoms with Gasteiger partial charge in [0.25, 0.3) is 0 Å². The largest absolute Gasteiger partial charge is 0.303 e. The van der Waals surface area contributed by atoms with Crippen LogP contribution < -0.4 is 0 Å². The molecule has 6 aliphatic heterocycles. The van der Waals surface area contributed by atoms with E-state index in [0.717, 1.165) is 51.4 Å². The monoisotopic (exact) mass is 713 g/mol. The Hall–Kier alpha value is -1.92. The molecular formula is C48H80N4. The smallest absolute Gasteiger partial charge is 0.0101 e.